The maximum absolute atomic E-state index is 12.6. The lowest BCUT2D eigenvalue weighted by atomic mass is 9.98. The van der Waals surface area contributed by atoms with Crippen molar-refractivity contribution in [1.29, 1.82) is 0 Å². The number of aliphatic carboxylic acids is 1. The van der Waals surface area contributed by atoms with E-state index >= 15 is 0 Å². The Labute approximate surface area is 192 Å². The number of carboxylic acid groups (broad SMARTS) is 1. The topological polar surface area (TPSA) is 114 Å². The van der Waals surface area contributed by atoms with Gasteiger partial charge in [-0.15, -0.1) is 0 Å². The molecule has 0 spiro atoms. The van der Waals surface area contributed by atoms with Gasteiger partial charge in [-0.25, -0.2) is 9.59 Å². The van der Waals surface area contributed by atoms with Crippen molar-refractivity contribution < 1.29 is 29.0 Å². The monoisotopic (exact) mass is 452 g/mol. The van der Waals surface area contributed by atoms with Crippen LogP contribution in [-0.4, -0.2) is 54.5 Å². The van der Waals surface area contributed by atoms with Crippen LogP contribution in [0.25, 0.3) is 11.1 Å². The predicted molar refractivity (Wildman–Crippen MR) is 121 cm³/mol. The Morgan fingerprint density at radius 2 is 1.64 bits per heavy atom. The van der Waals surface area contributed by atoms with Gasteiger partial charge < -0.3 is 25.2 Å². The molecule has 3 N–H and O–H groups in total. The molecule has 2 aliphatic rings. The molecule has 4 rings (SSSR count). The zero-order valence-electron chi connectivity index (χ0n) is 18.7. The van der Waals surface area contributed by atoms with Crippen molar-refractivity contribution in [2.45, 2.75) is 49.8 Å². The smallest absolute Gasteiger partial charge is 0.407 e. The average Bonchev–Trinajstić information content (AvgIpc) is 3.47. The molecular weight excluding hydrogens is 424 g/mol. The number of carbonyl (C=O) groups excluding carboxylic acids is 2. The zero-order valence-corrected chi connectivity index (χ0v) is 18.7. The van der Waals surface area contributed by atoms with E-state index in [1.165, 1.54) is 7.11 Å². The lowest BCUT2D eigenvalue weighted by Crippen LogP contribution is -2.50. The molecular formula is C25H28N2O6. The molecule has 0 radical (unpaired) electrons. The van der Waals surface area contributed by atoms with Crippen LogP contribution in [0.3, 0.4) is 0 Å². The van der Waals surface area contributed by atoms with Gasteiger partial charge in [0, 0.05) is 19.4 Å². The van der Waals surface area contributed by atoms with Gasteiger partial charge in [-0.05, 0) is 42.0 Å². The summed E-state index contributed by atoms with van der Waals surface area (Å²) in [6.07, 6.45) is -0.0270. The Morgan fingerprint density at radius 1 is 1.06 bits per heavy atom. The number of fused-ring (bicyclic) bond motifs is 3. The van der Waals surface area contributed by atoms with Crippen molar-refractivity contribution in [2.24, 2.45) is 0 Å². The van der Waals surface area contributed by atoms with E-state index in [1.54, 1.807) is 6.92 Å². The Balaban J connectivity index is 1.34. The van der Waals surface area contributed by atoms with E-state index in [9.17, 15) is 19.5 Å². The number of hydrogen-bond donors (Lipinski definition) is 3. The van der Waals surface area contributed by atoms with Crippen LogP contribution in [0.5, 0.6) is 0 Å². The van der Waals surface area contributed by atoms with E-state index in [1.807, 2.05) is 36.4 Å². The Morgan fingerprint density at radius 3 is 2.15 bits per heavy atom. The molecule has 2 atom stereocenters. The Hall–Kier alpha value is -3.39. The van der Waals surface area contributed by atoms with Gasteiger partial charge >= 0.3 is 12.1 Å². The number of methoxy groups -OCH3 is 1. The number of rotatable bonds is 9. The van der Waals surface area contributed by atoms with Crippen LogP contribution in [0, 0.1) is 0 Å². The first-order valence-corrected chi connectivity index (χ1v) is 11.0. The largest absolute Gasteiger partial charge is 0.480 e. The standard InChI is InChI=1S/C25H28N2O6/c1-15(32-2)22(23(29)30)26-21(28)13-25(11-12-25)27-24(31)33-14-20-18-9-5-3-7-16(18)17-8-4-6-10-19(17)20/h3-10,15,20,22H,11-14H2,1-2H3,(H,26,28)(H,27,31)(H,29,30)/t15-,22+/m1/s1. The van der Waals surface area contributed by atoms with Crippen LogP contribution >= 0.6 is 0 Å². The highest BCUT2D eigenvalue weighted by molar-refractivity contribution is 5.85. The highest BCUT2D eigenvalue weighted by Crippen LogP contribution is 2.44. The van der Waals surface area contributed by atoms with Crippen molar-refractivity contribution in [3.05, 3.63) is 59.7 Å². The van der Waals surface area contributed by atoms with E-state index < -0.39 is 35.7 Å². The number of alkyl carbamates (subject to hydrolysis) is 1. The van der Waals surface area contributed by atoms with Gasteiger partial charge in [0.05, 0.1) is 11.6 Å². The number of nitrogens with one attached hydrogen (secondary N) is 2. The summed E-state index contributed by atoms with van der Waals surface area (Å²) >= 11 is 0. The first-order valence-electron chi connectivity index (χ1n) is 11.0. The molecule has 0 aromatic heterocycles. The summed E-state index contributed by atoms with van der Waals surface area (Å²) in [4.78, 5) is 36.4. The molecule has 0 bridgehead atoms. The maximum atomic E-state index is 12.6. The van der Waals surface area contributed by atoms with Crippen LogP contribution in [0.2, 0.25) is 0 Å². The van der Waals surface area contributed by atoms with Gasteiger partial charge in [0.1, 0.15) is 6.61 Å². The molecule has 1 saturated carbocycles. The summed E-state index contributed by atoms with van der Waals surface area (Å²) < 4.78 is 10.6. The molecule has 2 aromatic carbocycles. The predicted octanol–water partition coefficient (Wildman–Crippen LogP) is 3.05. The molecule has 1 fully saturated rings. The number of amides is 2. The molecule has 33 heavy (non-hydrogen) atoms. The van der Waals surface area contributed by atoms with Crippen LogP contribution in [0.4, 0.5) is 4.79 Å². The van der Waals surface area contributed by atoms with Crippen molar-refractivity contribution >= 4 is 18.0 Å². The number of carbonyl (C=O) groups is 3. The normalized spacial score (nSPS) is 17.3. The molecule has 0 unspecified atom stereocenters. The van der Waals surface area contributed by atoms with E-state index in [4.69, 9.17) is 9.47 Å². The number of hydrogen-bond acceptors (Lipinski definition) is 5. The van der Waals surface area contributed by atoms with Gasteiger partial charge in [-0.2, -0.15) is 0 Å². The third-order valence-corrected chi connectivity index (χ3v) is 6.49. The molecule has 0 heterocycles. The lowest BCUT2D eigenvalue weighted by Gasteiger charge is -2.22. The van der Waals surface area contributed by atoms with E-state index in [2.05, 4.69) is 22.8 Å². The lowest BCUT2D eigenvalue weighted by molar-refractivity contribution is -0.145. The fourth-order valence-electron chi connectivity index (χ4n) is 4.40. The quantitative estimate of drug-likeness (QED) is 0.539. The molecule has 8 heteroatoms. The molecule has 8 nitrogen and oxygen atoms in total. The molecule has 2 aromatic rings. The Bertz CT molecular complexity index is 1020. The van der Waals surface area contributed by atoms with Gasteiger partial charge in [0.2, 0.25) is 5.91 Å². The average molecular weight is 453 g/mol. The van der Waals surface area contributed by atoms with E-state index in [0.29, 0.717) is 12.8 Å². The molecule has 2 aliphatic carbocycles. The molecule has 2 amide bonds. The van der Waals surface area contributed by atoms with Crippen LogP contribution < -0.4 is 10.6 Å². The minimum atomic E-state index is -1.17. The van der Waals surface area contributed by atoms with Gasteiger partial charge in [0.25, 0.3) is 0 Å². The minimum Gasteiger partial charge on any atom is -0.480 e. The number of carboxylic acids is 1. The molecule has 174 valence electrons. The van der Waals surface area contributed by atoms with Crippen LogP contribution in [0.1, 0.15) is 43.2 Å². The van der Waals surface area contributed by atoms with Crippen molar-refractivity contribution in [2.75, 3.05) is 13.7 Å². The van der Waals surface area contributed by atoms with Crippen molar-refractivity contribution in [3.63, 3.8) is 0 Å². The highest BCUT2D eigenvalue weighted by atomic mass is 16.5. The second-order valence-corrected chi connectivity index (χ2v) is 8.73. The summed E-state index contributed by atoms with van der Waals surface area (Å²) in [5.41, 5.74) is 3.84. The van der Waals surface area contributed by atoms with Gasteiger partial charge in [-0.3, -0.25) is 4.79 Å². The Kier molecular flexibility index (Phi) is 6.37. The molecule has 0 saturated heterocycles. The summed E-state index contributed by atoms with van der Waals surface area (Å²) in [6, 6.07) is 15.0. The summed E-state index contributed by atoms with van der Waals surface area (Å²) in [5.74, 6) is -1.68. The highest BCUT2D eigenvalue weighted by Gasteiger charge is 2.47. The van der Waals surface area contributed by atoms with E-state index in [-0.39, 0.29) is 18.9 Å². The fourth-order valence-corrected chi connectivity index (χ4v) is 4.40. The van der Waals surface area contributed by atoms with Gasteiger partial charge in [0.15, 0.2) is 6.04 Å². The first kappa shape index (κ1) is 22.8. The summed E-state index contributed by atoms with van der Waals surface area (Å²) in [5, 5.41) is 14.6. The van der Waals surface area contributed by atoms with Crippen molar-refractivity contribution in [1.82, 2.24) is 10.6 Å². The summed E-state index contributed by atoms with van der Waals surface area (Å²) in [7, 11) is 1.38. The third-order valence-electron chi connectivity index (χ3n) is 6.49. The van der Waals surface area contributed by atoms with Gasteiger partial charge in [-0.1, -0.05) is 48.5 Å². The maximum Gasteiger partial charge on any atom is 0.407 e. The zero-order chi connectivity index (χ0) is 23.6. The first-order chi connectivity index (χ1) is 15.8. The SMILES string of the molecule is CO[C@H](C)[C@H](NC(=O)CC1(NC(=O)OCC2c3ccccc3-c3ccccc32)CC1)C(=O)O. The van der Waals surface area contributed by atoms with Crippen LogP contribution in [-0.2, 0) is 19.1 Å². The second-order valence-electron chi connectivity index (χ2n) is 8.73. The fraction of sp³-hybridized carbons (Fsp3) is 0.400. The minimum absolute atomic E-state index is 0.0165. The van der Waals surface area contributed by atoms with Crippen molar-refractivity contribution in [3.8, 4) is 11.1 Å². The van der Waals surface area contributed by atoms with E-state index in [0.717, 1.165) is 22.3 Å². The number of benzene rings is 2. The number of ether oxygens (including phenoxy) is 2. The second kappa shape index (κ2) is 9.23. The van der Waals surface area contributed by atoms with Crippen LogP contribution in [0.15, 0.2) is 48.5 Å². The molecule has 0 aliphatic heterocycles. The summed E-state index contributed by atoms with van der Waals surface area (Å²) in [6.45, 7) is 1.76. The third kappa shape index (κ3) is 4.85.